The molecule has 5 heteroatoms. The molecule has 3 rings (SSSR count). The molecule has 2 aromatic heterocycles. The molecule has 0 aliphatic heterocycles. The van der Waals surface area contributed by atoms with Gasteiger partial charge in [0.05, 0.1) is 21.4 Å². The third-order valence-electron chi connectivity index (χ3n) is 3.29. The molecule has 20 heavy (non-hydrogen) atoms. The van der Waals surface area contributed by atoms with E-state index in [2.05, 4.69) is 41.7 Å². The van der Waals surface area contributed by atoms with Crippen LogP contribution in [0.4, 0.5) is 0 Å². The lowest BCUT2D eigenvalue weighted by atomic mass is 10.1. The first-order valence-corrected chi connectivity index (χ1v) is 7.64. The number of nitrogens with zero attached hydrogens (tertiary/aromatic N) is 3. The number of hydrogen-bond acceptors (Lipinski definition) is 4. The molecule has 1 unspecified atom stereocenters. The number of fused-ring (bicyclic) bond motifs is 1. The van der Waals surface area contributed by atoms with Gasteiger partial charge in [-0.15, -0.1) is 11.3 Å². The van der Waals surface area contributed by atoms with E-state index in [1.807, 2.05) is 24.0 Å². The maximum atomic E-state index is 4.72. The molecule has 4 nitrogen and oxygen atoms in total. The zero-order valence-corrected chi connectivity index (χ0v) is 12.5. The van der Waals surface area contributed by atoms with Crippen LogP contribution in [0.1, 0.15) is 23.5 Å². The van der Waals surface area contributed by atoms with Crippen molar-refractivity contribution in [1.82, 2.24) is 20.1 Å². The number of para-hydroxylation sites is 1. The number of benzene rings is 1. The molecule has 0 saturated heterocycles. The van der Waals surface area contributed by atoms with Crippen molar-refractivity contribution in [1.29, 1.82) is 0 Å². The number of thiazole rings is 1. The normalized spacial score (nSPS) is 12.9. The maximum Gasteiger partial charge on any atom is 0.0957 e. The quantitative estimate of drug-likeness (QED) is 0.784. The van der Waals surface area contributed by atoms with Crippen LogP contribution in [0.2, 0.25) is 0 Å². The smallest absolute Gasteiger partial charge is 0.0957 e. The monoisotopic (exact) mass is 286 g/mol. The first-order valence-electron chi connectivity index (χ1n) is 6.82. The fourth-order valence-electron chi connectivity index (χ4n) is 2.36. The van der Waals surface area contributed by atoms with E-state index in [1.165, 1.54) is 15.3 Å². The fraction of sp³-hybridized carbons (Fsp3) is 0.333. The number of aromatic nitrogens is 3. The van der Waals surface area contributed by atoms with E-state index < -0.39 is 0 Å². The van der Waals surface area contributed by atoms with Crippen molar-refractivity contribution < 1.29 is 0 Å². The van der Waals surface area contributed by atoms with Gasteiger partial charge >= 0.3 is 0 Å². The molecule has 1 aromatic carbocycles. The average molecular weight is 286 g/mol. The van der Waals surface area contributed by atoms with Gasteiger partial charge in [-0.25, -0.2) is 4.98 Å². The molecule has 0 fully saturated rings. The molecular formula is C15H18N4S. The molecule has 104 valence electrons. The SMILES string of the molecule is CCNC(Cc1nc2ccccc2s1)c1cnn(C)c1. The average Bonchev–Trinajstić information content (AvgIpc) is 3.03. The Bertz CT molecular complexity index is 668. The molecule has 0 bridgehead atoms. The third-order valence-corrected chi connectivity index (χ3v) is 4.35. The van der Waals surface area contributed by atoms with E-state index in [1.54, 1.807) is 11.3 Å². The van der Waals surface area contributed by atoms with Crippen LogP contribution in [0.3, 0.4) is 0 Å². The summed E-state index contributed by atoms with van der Waals surface area (Å²) in [7, 11) is 1.95. The minimum atomic E-state index is 0.272. The second-order valence-corrected chi connectivity index (χ2v) is 5.95. The van der Waals surface area contributed by atoms with Crippen LogP contribution in [-0.4, -0.2) is 21.3 Å². The summed E-state index contributed by atoms with van der Waals surface area (Å²) in [6, 6.07) is 8.57. The molecule has 0 spiro atoms. The van der Waals surface area contributed by atoms with Crippen molar-refractivity contribution in [3.63, 3.8) is 0 Å². The highest BCUT2D eigenvalue weighted by molar-refractivity contribution is 7.18. The minimum absolute atomic E-state index is 0.272. The second-order valence-electron chi connectivity index (χ2n) is 4.84. The Labute approximate surface area is 122 Å². The van der Waals surface area contributed by atoms with Crippen molar-refractivity contribution in [2.24, 2.45) is 7.05 Å². The van der Waals surface area contributed by atoms with Gasteiger partial charge in [-0.1, -0.05) is 19.1 Å². The van der Waals surface area contributed by atoms with Gasteiger partial charge in [-0.2, -0.15) is 5.10 Å². The Morgan fingerprint density at radius 2 is 2.20 bits per heavy atom. The number of likely N-dealkylation sites (N-methyl/N-ethyl adjacent to an activating group) is 1. The summed E-state index contributed by atoms with van der Waals surface area (Å²) in [5, 5.41) is 8.95. The van der Waals surface area contributed by atoms with Gasteiger partial charge in [0.2, 0.25) is 0 Å². The molecule has 0 saturated carbocycles. The number of aryl methyl sites for hydroxylation is 1. The topological polar surface area (TPSA) is 42.7 Å². The Hall–Kier alpha value is -1.72. The lowest BCUT2D eigenvalue weighted by Crippen LogP contribution is -2.22. The van der Waals surface area contributed by atoms with E-state index in [9.17, 15) is 0 Å². The van der Waals surface area contributed by atoms with Crippen molar-refractivity contribution in [3.05, 3.63) is 47.2 Å². The Kier molecular flexibility index (Phi) is 3.80. The van der Waals surface area contributed by atoms with Gasteiger partial charge in [0.15, 0.2) is 0 Å². The van der Waals surface area contributed by atoms with Crippen LogP contribution >= 0.6 is 11.3 Å². The highest BCUT2D eigenvalue weighted by Crippen LogP contribution is 2.26. The van der Waals surface area contributed by atoms with Crippen LogP contribution in [0.5, 0.6) is 0 Å². The molecule has 3 aromatic rings. The summed E-state index contributed by atoms with van der Waals surface area (Å²) >= 11 is 1.77. The molecule has 0 aliphatic carbocycles. The lowest BCUT2D eigenvalue weighted by molar-refractivity contribution is 0.548. The van der Waals surface area contributed by atoms with Gasteiger partial charge in [0.1, 0.15) is 0 Å². The van der Waals surface area contributed by atoms with E-state index in [0.717, 1.165) is 18.5 Å². The largest absolute Gasteiger partial charge is 0.310 e. The first kappa shape index (κ1) is 13.3. The van der Waals surface area contributed by atoms with Crippen LogP contribution in [0.25, 0.3) is 10.2 Å². The van der Waals surface area contributed by atoms with Crippen molar-refractivity contribution in [2.45, 2.75) is 19.4 Å². The molecule has 0 aliphatic rings. The Morgan fingerprint density at radius 1 is 1.35 bits per heavy atom. The zero-order chi connectivity index (χ0) is 13.9. The number of hydrogen-bond donors (Lipinski definition) is 1. The van der Waals surface area contributed by atoms with Gasteiger partial charge in [-0.05, 0) is 18.7 Å². The number of rotatable bonds is 5. The lowest BCUT2D eigenvalue weighted by Gasteiger charge is -2.14. The van der Waals surface area contributed by atoms with E-state index in [0.29, 0.717) is 0 Å². The van der Waals surface area contributed by atoms with Gasteiger partial charge < -0.3 is 5.32 Å². The summed E-state index contributed by atoms with van der Waals surface area (Å²) in [5.41, 5.74) is 2.31. The summed E-state index contributed by atoms with van der Waals surface area (Å²) < 4.78 is 3.10. The molecule has 0 amide bonds. The third kappa shape index (κ3) is 2.73. The Balaban J connectivity index is 1.85. The molecule has 2 heterocycles. The second kappa shape index (κ2) is 5.73. The summed E-state index contributed by atoms with van der Waals surface area (Å²) in [6.07, 6.45) is 4.90. The van der Waals surface area contributed by atoms with Crippen LogP contribution < -0.4 is 5.32 Å². The zero-order valence-electron chi connectivity index (χ0n) is 11.7. The maximum absolute atomic E-state index is 4.72. The van der Waals surface area contributed by atoms with Crippen molar-refractivity contribution in [3.8, 4) is 0 Å². The van der Waals surface area contributed by atoms with Crippen LogP contribution in [0.15, 0.2) is 36.7 Å². The molecule has 0 radical (unpaired) electrons. The minimum Gasteiger partial charge on any atom is -0.310 e. The first-order chi connectivity index (χ1) is 9.76. The standard InChI is InChI=1S/C15H18N4S/c1-3-16-13(11-9-17-19(2)10-11)8-15-18-12-6-4-5-7-14(12)20-15/h4-7,9-10,13,16H,3,8H2,1-2H3. The van der Waals surface area contributed by atoms with Crippen molar-refractivity contribution in [2.75, 3.05) is 6.54 Å². The van der Waals surface area contributed by atoms with E-state index >= 15 is 0 Å². The highest BCUT2D eigenvalue weighted by atomic mass is 32.1. The van der Waals surface area contributed by atoms with Gasteiger partial charge in [0.25, 0.3) is 0 Å². The van der Waals surface area contributed by atoms with Crippen LogP contribution in [0, 0.1) is 0 Å². The number of nitrogens with one attached hydrogen (secondary N) is 1. The van der Waals surface area contributed by atoms with Crippen LogP contribution in [-0.2, 0) is 13.5 Å². The van der Waals surface area contributed by atoms with Gasteiger partial charge in [0, 0.05) is 31.3 Å². The van der Waals surface area contributed by atoms with E-state index in [-0.39, 0.29) is 6.04 Å². The van der Waals surface area contributed by atoms with Gasteiger partial charge in [-0.3, -0.25) is 4.68 Å². The molecule has 1 N–H and O–H groups in total. The Morgan fingerprint density at radius 3 is 2.90 bits per heavy atom. The fourth-order valence-corrected chi connectivity index (χ4v) is 3.37. The predicted octanol–water partition coefficient (Wildman–Crippen LogP) is 2.92. The molecule has 1 atom stereocenters. The highest BCUT2D eigenvalue weighted by Gasteiger charge is 2.15. The summed E-state index contributed by atoms with van der Waals surface area (Å²) in [5.74, 6) is 0. The summed E-state index contributed by atoms with van der Waals surface area (Å²) in [4.78, 5) is 4.72. The van der Waals surface area contributed by atoms with Crippen molar-refractivity contribution >= 4 is 21.6 Å². The predicted molar refractivity (Wildman–Crippen MR) is 82.9 cm³/mol. The molecular weight excluding hydrogens is 268 g/mol. The summed E-state index contributed by atoms with van der Waals surface area (Å²) in [6.45, 7) is 3.06. The van der Waals surface area contributed by atoms with E-state index in [4.69, 9.17) is 4.98 Å².